The van der Waals surface area contributed by atoms with Crippen LogP contribution in [0.4, 0.5) is 0 Å². The van der Waals surface area contributed by atoms with Crippen LogP contribution in [0, 0.1) is 0 Å². The fourth-order valence-electron chi connectivity index (χ4n) is 3.41. The number of esters is 1. The van der Waals surface area contributed by atoms with Crippen molar-refractivity contribution in [1.29, 1.82) is 0 Å². The Morgan fingerprint density at radius 3 is 2.72 bits per heavy atom. The highest BCUT2D eigenvalue weighted by Gasteiger charge is 2.18. The van der Waals surface area contributed by atoms with Crippen LogP contribution in [0.25, 0.3) is 10.9 Å². The van der Waals surface area contributed by atoms with Gasteiger partial charge in [0.25, 0.3) is 5.91 Å². The summed E-state index contributed by atoms with van der Waals surface area (Å²) in [5, 5.41) is 3.63. The minimum absolute atomic E-state index is 0.269. The molecule has 3 aromatic rings. The normalized spacial score (nSPS) is 13.7. The summed E-state index contributed by atoms with van der Waals surface area (Å²) in [4.78, 5) is 24.7. The Morgan fingerprint density at radius 1 is 1.14 bits per heavy atom. The van der Waals surface area contributed by atoms with E-state index in [0.29, 0.717) is 30.3 Å². The average molecular weight is 394 g/mol. The SMILES string of the molecule is CC(NC(=O)COC(=O)c1cn(C)c2ccccc12)c1ccc2c(c1)OCCO2. The molecule has 2 aromatic carbocycles. The number of aromatic nitrogens is 1. The number of hydrogen-bond donors (Lipinski definition) is 1. The molecule has 1 amide bonds. The van der Waals surface area contributed by atoms with Crippen molar-refractivity contribution in [2.24, 2.45) is 7.05 Å². The number of nitrogens with zero attached hydrogens (tertiary/aromatic N) is 1. The third-order valence-corrected chi connectivity index (χ3v) is 4.89. The second-order valence-corrected chi connectivity index (χ2v) is 6.94. The molecule has 7 nitrogen and oxygen atoms in total. The van der Waals surface area contributed by atoms with Crippen LogP contribution >= 0.6 is 0 Å². The van der Waals surface area contributed by atoms with E-state index in [-0.39, 0.29) is 18.6 Å². The topological polar surface area (TPSA) is 78.8 Å². The molecule has 2 heterocycles. The van der Waals surface area contributed by atoms with Gasteiger partial charge in [0.15, 0.2) is 18.1 Å². The van der Waals surface area contributed by atoms with Crippen LogP contribution in [0.2, 0.25) is 0 Å². The Balaban J connectivity index is 1.36. The quantitative estimate of drug-likeness (QED) is 0.673. The lowest BCUT2D eigenvalue weighted by atomic mass is 10.1. The van der Waals surface area contributed by atoms with Gasteiger partial charge in [-0.25, -0.2) is 4.79 Å². The van der Waals surface area contributed by atoms with Crippen LogP contribution in [0.3, 0.4) is 0 Å². The first-order chi connectivity index (χ1) is 14.0. The van der Waals surface area contributed by atoms with Crippen LogP contribution in [0.1, 0.15) is 28.9 Å². The smallest absolute Gasteiger partial charge is 0.340 e. The van der Waals surface area contributed by atoms with Crippen LogP contribution in [-0.4, -0.2) is 36.3 Å². The maximum atomic E-state index is 12.4. The number of carbonyl (C=O) groups excluding carboxylic acids is 2. The van der Waals surface area contributed by atoms with Crippen molar-refractivity contribution in [3.63, 3.8) is 0 Å². The molecule has 0 aliphatic carbocycles. The highest BCUT2D eigenvalue weighted by molar-refractivity contribution is 6.04. The van der Waals surface area contributed by atoms with E-state index >= 15 is 0 Å². The van der Waals surface area contributed by atoms with Gasteiger partial charge in [-0.05, 0) is 30.7 Å². The summed E-state index contributed by atoms with van der Waals surface area (Å²) in [6.07, 6.45) is 1.71. The molecule has 1 aromatic heterocycles. The molecular formula is C22H22N2O5. The first-order valence-electron chi connectivity index (χ1n) is 9.43. The molecule has 0 saturated carbocycles. The summed E-state index contributed by atoms with van der Waals surface area (Å²) in [6.45, 7) is 2.54. The maximum Gasteiger partial charge on any atom is 0.340 e. The number of benzene rings is 2. The molecule has 1 N–H and O–H groups in total. The molecule has 0 spiro atoms. The lowest BCUT2D eigenvalue weighted by Gasteiger charge is -2.21. The van der Waals surface area contributed by atoms with Gasteiger partial charge in [-0.1, -0.05) is 24.3 Å². The molecule has 150 valence electrons. The molecule has 1 atom stereocenters. The first-order valence-corrected chi connectivity index (χ1v) is 9.43. The van der Waals surface area contributed by atoms with E-state index in [0.717, 1.165) is 16.5 Å². The second-order valence-electron chi connectivity index (χ2n) is 6.94. The Morgan fingerprint density at radius 2 is 1.90 bits per heavy atom. The third-order valence-electron chi connectivity index (χ3n) is 4.89. The van der Waals surface area contributed by atoms with E-state index in [9.17, 15) is 9.59 Å². The van der Waals surface area contributed by atoms with E-state index in [1.54, 1.807) is 6.20 Å². The minimum Gasteiger partial charge on any atom is -0.486 e. The van der Waals surface area contributed by atoms with Crippen LogP contribution in [0.5, 0.6) is 11.5 Å². The third kappa shape index (κ3) is 3.89. The Kier molecular flexibility index (Phi) is 5.12. The van der Waals surface area contributed by atoms with Crippen LogP contribution in [-0.2, 0) is 16.6 Å². The Hall–Kier alpha value is -3.48. The summed E-state index contributed by atoms with van der Waals surface area (Å²) >= 11 is 0. The Bertz CT molecular complexity index is 1070. The number of amides is 1. The van der Waals surface area contributed by atoms with Crippen molar-refractivity contribution in [2.45, 2.75) is 13.0 Å². The van der Waals surface area contributed by atoms with Crippen molar-refractivity contribution in [1.82, 2.24) is 9.88 Å². The van der Waals surface area contributed by atoms with Crippen molar-refractivity contribution in [2.75, 3.05) is 19.8 Å². The maximum absolute atomic E-state index is 12.4. The van der Waals surface area contributed by atoms with Crippen molar-refractivity contribution >= 4 is 22.8 Å². The summed E-state index contributed by atoms with van der Waals surface area (Å²) in [7, 11) is 1.86. The molecule has 29 heavy (non-hydrogen) atoms. The number of ether oxygens (including phenoxy) is 3. The predicted octanol–water partition coefficient (Wildman–Crippen LogP) is 2.98. The Labute approximate surface area is 168 Å². The fourth-order valence-corrected chi connectivity index (χ4v) is 3.41. The number of aryl methyl sites for hydroxylation is 1. The largest absolute Gasteiger partial charge is 0.486 e. The van der Waals surface area contributed by atoms with Gasteiger partial charge in [-0.2, -0.15) is 0 Å². The van der Waals surface area contributed by atoms with Gasteiger partial charge >= 0.3 is 5.97 Å². The number of carbonyl (C=O) groups is 2. The molecule has 4 rings (SSSR count). The first kappa shape index (κ1) is 18.9. The summed E-state index contributed by atoms with van der Waals surface area (Å²) in [5.74, 6) is 0.463. The van der Waals surface area contributed by atoms with Gasteiger partial charge in [0.05, 0.1) is 11.6 Å². The van der Waals surface area contributed by atoms with E-state index < -0.39 is 5.97 Å². The minimum atomic E-state index is -0.524. The van der Waals surface area contributed by atoms with Gasteiger partial charge in [0, 0.05) is 24.1 Å². The second kappa shape index (κ2) is 7.87. The predicted molar refractivity (Wildman–Crippen MR) is 107 cm³/mol. The molecule has 7 heteroatoms. The van der Waals surface area contributed by atoms with E-state index in [1.807, 2.05) is 61.0 Å². The lowest BCUT2D eigenvalue weighted by molar-refractivity contribution is -0.124. The van der Waals surface area contributed by atoms with E-state index in [1.165, 1.54) is 0 Å². The van der Waals surface area contributed by atoms with Crippen molar-refractivity contribution in [3.05, 3.63) is 59.8 Å². The number of hydrogen-bond acceptors (Lipinski definition) is 5. The number of rotatable bonds is 5. The van der Waals surface area contributed by atoms with Gasteiger partial charge in [-0.3, -0.25) is 4.79 Å². The molecule has 0 radical (unpaired) electrons. The molecule has 0 fully saturated rings. The summed E-state index contributed by atoms with van der Waals surface area (Å²) in [6, 6.07) is 12.8. The summed E-state index contributed by atoms with van der Waals surface area (Å²) < 4.78 is 18.2. The molecular weight excluding hydrogens is 372 g/mol. The standard InChI is InChI=1S/C22H22N2O5/c1-14(15-7-8-19-20(11-15)28-10-9-27-19)23-21(25)13-29-22(26)17-12-24(2)18-6-4-3-5-16(17)18/h3-8,11-12,14H,9-10,13H2,1-2H3,(H,23,25). The van der Waals surface area contributed by atoms with Gasteiger partial charge in [0.2, 0.25) is 0 Å². The molecule has 1 unspecified atom stereocenters. The highest BCUT2D eigenvalue weighted by atomic mass is 16.6. The lowest BCUT2D eigenvalue weighted by Crippen LogP contribution is -2.31. The van der Waals surface area contributed by atoms with Crippen molar-refractivity contribution in [3.8, 4) is 11.5 Å². The molecule has 1 aliphatic rings. The highest BCUT2D eigenvalue weighted by Crippen LogP contribution is 2.32. The molecule has 0 saturated heterocycles. The number of para-hydroxylation sites is 1. The van der Waals surface area contributed by atoms with Crippen molar-refractivity contribution < 1.29 is 23.8 Å². The zero-order valence-electron chi connectivity index (χ0n) is 16.3. The number of fused-ring (bicyclic) bond motifs is 2. The average Bonchev–Trinajstić information content (AvgIpc) is 3.08. The molecule has 1 aliphatic heterocycles. The number of nitrogens with one attached hydrogen (secondary N) is 1. The van der Waals surface area contributed by atoms with Gasteiger partial charge < -0.3 is 24.1 Å². The fraction of sp³-hybridized carbons (Fsp3) is 0.273. The summed E-state index contributed by atoms with van der Waals surface area (Å²) in [5.41, 5.74) is 2.25. The zero-order chi connectivity index (χ0) is 20.4. The van der Waals surface area contributed by atoms with Crippen LogP contribution in [0.15, 0.2) is 48.7 Å². The zero-order valence-corrected chi connectivity index (χ0v) is 16.3. The van der Waals surface area contributed by atoms with E-state index in [4.69, 9.17) is 14.2 Å². The molecule has 0 bridgehead atoms. The monoisotopic (exact) mass is 394 g/mol. The van der Waals surface area contributed by atoms with E-state index in [2.05, 4.69) is 5.32 Å². The van der Waals surface area contributed by atoms with Gasteiger partial charge in [-0.15, -0.1) is 0 Å². The van der Waals surface area contributed by atoms with Crippen LogP contribution < -0.4 is 14.8 Å². The van der Waals surface area contributed by atoms with Gasteiger partial charge in [0.1, 0.15) is 13.2 Å².